The first-order valence-corrected chi connectivity index (χ1v) is 5.45. The van der Waals surface area contributed by atoms with Gasteiger partial charge in [0, 0.05) is 16.8 Å². The number of methoxy groups -OCH3 is 2. The van der Waals surface area contributed by atoms with Gasteiger partial charge in [-0.25, -0.2) is 0 Å². The molecule has 0 saturated heterocycles. The molecule has 0 aliphatic rings. The number of halogens is 1. The fourth-order valence-electron chi connectivity index (χ4n) is 1.14. The number of carbonyl (C=O) groups excluding carboxylic acids is 2. The van der Waals surface area contributed by atoms with Crippen molar-refractivity contribution in [3.8, 4) is 0 Å². The number of esters is 2. The van der Waals surface area contributed by atoms with Crippen LogP contribution in [0.15, 0.2) is 5.11 Å². The zero-order valence-corrected chi connectivity index (χ0v) is 10.6. The number of azide groups is 1. The standard InChI is InChI=1S/C8H12BrN3O4/c1-15-6(13)8(5-9,7(14)16-2)3-4-11-12-10/h3-5H2,1-2H3. The van der Waals surface area contributed by atoms with Crippen molar-refractivity contribution in [2.75, 3.05) is 26.1 Å². The van der Waals surface area contributed by atoms with Gasteiger partial charge in [-0.15, -0.1) is 0 Å². The van der Waals surface area contributed by atoms with Gasteiger partial charge in [-0.3, -0.25) is 9.59 Å². The normalized spacial score (nSPS) is 10.2. The molecule has 0 fully saturated rings. The van der Waals surface area contributed by atoms with Crippen LogP contribution < -0.4 is 0 Å². The highest BCUT2D eigenvalue weighted by Crippen LogP contribution is 2.28. The summed E-state index contributed by atoms with van der Waals surface area (Å²) in [6.07, 6.45) is 0.0294. The van der Waals surface area contributed by atoms with E-state index in [1.165, 1.54) is 14.2 Å². The minimum atomic E-state index is -1.46. The van der Waals surface area contributed by atoms with E-state index in [0.717, 1.165) is 0 Å². The summed E-state index contributed by atoms with van der Waals surface area (Å²) in [5.74, 6) is -1.44. The van der Waals surface area contributed by atoms with Gasteiger partial charge in [0.2, 0.25) is 0 Å². The number of ether oxygens (including phenoxy) is 2. The third-order valence-corrected chi connectivity index (χ3v) is 3.04. The largest absolute Gasteiger partial charge is 0.468 e. The quantitative estimate of drug-likeness (QED) is 0.184. The summed E-state index contributed by atoms with van der Waals surface area (Å²) in [6, 6.07) is 0. The van der Waals surface area contributed by atoms with E-state index in [1.807, 2.05) is 0 Å². The van der Waals surface area contributed by atoms with E-state index in [-0.39, 0.29) is 18.3 Å². The molecule has 0 spiro atoms. The fourth-order valence-corrected chi connectivity index (χ4v) is 1.88. The molecule has 0 aliphatic heterocycles. The monoisotopic (exact) mass is 293 g/mol. The van der Waals surface area contributed by atoms with E-state index in [2.05, 4.69) is 35.4 Å². The molecule has 0 saturated carbocycles. The van der Waals surface area contributed by atoms with Crippen LogP contribution in [0.3, 0.4) is 0 Å². The number of alkyl halides is 1. The molecule has 0 unspecified atom stereocenters. The molecule has 0 aromatic carbocycles. The Hall–Kier alpha value is -1.27. The average Bonchev–Trinajstić information content (AvgIpc) is 2.33. The van der Waals surface area contributed by atoms with Crippen molar-refractivity contribution < 1.29 is 19.1 Å². The summed E-state index contributed by atoms with van der Waals surface area (Å²) >= 11 is 3.07. The minimum absolute atomic E-state index is 0.00625. The smallest absolute Gasteiger partial charge is 0.324 e. The zero-order chi connectivity index (χ0) is 12.6. The molecule has 8 heteroatoms. The van der Waals surface area contributed by atoms with Crippen LogP contribution in [-0.4, -0.2) is 38.0 Å². The molecular weight excluding hydrogens is 282 g/mol. The second-order valence-electron chi connectivity index (χ2n) is 2.90. The average molecular weight is 294 g/mol. The molecule has 0 rings (SSSR count). The molecule has 0 aromatic heterocycles. The van der Waals surface area contributed by atoms with Crippen LogP contribution in [0, 0.1) is 5.41 Å². The summed E-state index contributed by atoms with van der Waals surface area (Å²) < 4.78 is 9.11. The van der Waals surface area contributed by atoms with Crippen molar-refractivity contribution in [1.29, 1.82) is 0 Å². The Balaban J connectivity index is 5.02. The summed E-state index contributed by atoms with van der Waals surface area (Å²) in [4.78, 5) is 25.7. The first-order chi connectivity index (χ1) is 7.58. The first-order valence-electron chi connectivity index (χ1n) is 4.32. The highest BCUT2D eigenvalue weighted by Gasteiger charge is 2.47. The number of carbonyl (C=O) groups is 2. The molecule has 0 atom stereocenters. The second-order valence-corrected chi connectivity index (χ2v) is 3.46. The van der Waals surface area contributed by atoms with E-state index in [4.69, 9.17) is 5.53 Å². The van der Waals surface area contributed by atoms with E-state index in [0.29, 0.717) is 0 Å². The molecule has 0 aromatic rings. The number of hydrogen-bond donors (Lipinski definition) is 0. The highest BCUT2D eigenvalue weighted by atomic mass is 79.9. The van der Waals surface area contributed by atoms with Crippen LogP contribution in [0.5, 0.6) is 0 Å². The van der Waals surface area contributed by atoms with Gasteiger partial charge in [0.05, 0.1) is 14.2 Å². The van der Waals surface area contributed by atoms with Crippen molar-refractivity contribution in [3.63, 3.8) is 0 Å². The van der Waals surface area contributed by atoms with Crippen molar-refractivity contribution in [2.24, 2.45) is 10.5 Å². The number of nitrogens with zero attached hydrogens (tertiary/aromatic N) is 3. The van der Waals surface area contributed by atoms with E-state index in [9.17, 15) is 9.59 Å². The van der Waals surface area contributed by atoms with Crippen LogP contribution >= 0.6 is 15.9 Å². The van der Waals surface area contributed by atoms with Crippen LogP contribution in [0.4, 0.5) is 0 Å². The van der Waals surface area contributed by atoms with Crippen molar-refractivity contribution in [1.82, 2.24) is 0 Å². The molecule has 0 radical (unpaired) electrons. The van der Waals surface area contributed by atoms with Crippen LogP contribution in [0.25, 0.3) is 10.4 Å². The maximum atomic E-state index is 11.6. The summed E-state index contributed by atoms with van der Waals surface area (Å²) in [5, 5.41) is 3.32. The maximum Gasteiger partial charge on any atom is 0.324 e. The van der Waals surface area contributed by atoms with Crippen molar-refractivity contribution in [3.05, 3.63) is 10.4 Å². The first kappa shape index (κ1) is 14.7. The Morgan fingerprint density at radius 2 is 1.88 bits per heavy atom. The predicted octanol–water partition coefficient (Wildman–Crippen LogP) is 1.41. The molecule has 0 amide bonds. The Bertz CT molecular complexity index is 298. The highest BCUT2D eigenvalue weighted by molar-refractivity contribution is 9.09. The van der Waals surface area contributed by atoms with Crippen molar-refractivity contribution >= 4 is 27.9 Å². The minimum Gasteiger partial charge on any atom is -0.468 e. The van der Waals surface area contributed by atoms with Gasteiger partial charge in [-0.1, -0.05) is 21.0 Å². The Labute approximate surface area is 101 Å². The van der Waals surface area contributed by atoms with Crippen LogP contribution in [0.2, 0.25) is 0 Å². The lowest BCUT2D eigenvalue weighted by atomic mass is 9.87. The van der Waals surface area contributed by atoms with Gasteiger partial charge >= 0.3 is 11.9 Å². The number of hydrogen-bond acceptors (Lipinski definition) is 5. The molecule has 0 N–H and O–H groups in total. The van der Waals surface area contributed by atoms with Gasteiger partial charge in [0.25, 0.3) is 0 Å². The lowest BCUT2D eigenvalue weighted by molar-refractivity contribution is -0.167. The molecule has 0 aliphatic carbocycles. The lowest BCUT2D eigenvalue weighted by Gasteiger charge is -2.25. The van der Waals surface area contributed by atoms with Gasteiger partial charge in [0.15, 0.2) is 5.41 Å². The third-order valence-electron chi connectivity index (χ3n) is 2.08. The van der Waals surface area contributed by atoms with Gasteiger partial charge in [-0.05, 0) is 12.0 Å². The van der Waals surface area contributed by atoms with E-state index < -0.39 is 17.4 Å². The molecule has 0 heterocycles. The molecule has 90 valence electrons. The van der Waals surface area contributed by atoms with Gasteiger partial charge in [0.1, 0.15) is 0 Å². The summed E-state index contributed by atoms with van der Waals surface area (Å²) in [5.41, 5.74) is 6.68. The molecule has 16 heavy (non-hydrogen) atoms. The summed E-state index contributed by atoms with van der Waals surface area (Å²) in [6.45, 7) is 0.00625. The molecule has 0 bridgehead atoms. The predicted molar refractivity (Wildman–Crippen MR) is 58.9 cm³/mol. The van der Waals surface area contributed by atoms with Gasteiger partial charge < -0.3 is 9.47 Å². The van der Waals surface area contributed by atoms with Gasteiger partial charge in [-0.2, -0.15) is 0 Å². The topological polar surface area (TPSA) is 101 Å². The van der Waals surface area contributed by atoms with Crippen molar-refractivity contribution in [2.45, 2.75) is 6.42 Å². The lowest BCUT2D eigenvalue weighted by Crippen LogP contribution is -2.43. The van der Waals surface area contributed by atoms with Crippen LogP contribution in [0.1, 0.15) is 6.42 Å². The molecule has 7 nitrogen and oxygen atoms in total. The zero-order valence-electron chi connectivity index (χ0n) is 8.97. The Morgan fingerprint density at radius 1 is 1.38 bits per heavy atom. The fraction of sp³-hybridized carbons (Fsp3) is 0.750. The molecular formula is C8H12BrN3O4. The summed E-state index contributed by atoms with van der Waals surface area (Å²) in [7, 11) is 2.35. The van der Waals surface area contributed by atoms with E-state index in [1.54, 1.807) is 0 Å². The number of rotatable bonds is 6. The maximum absolute atomic E-state index is 11.6. The second kappa shape index (κ2) is 7.08. The Kier molecular flexibility index (Phi) is 6.52. The SMILES string of the molecule is COC(=O)C(CBr)(CCN=[N+]=[N-])C(=O)OC. The van der Waals surface area contributed by atoms with Crippen LogP contribution in [-0.2, 0) is 19.1 Å². The Morgan fingerprint density at radius 3 is 2.19 bits per heavy atom. The third kappa shape index (κ3) is 3.11. The van der Waals surface area contributed by atoms with E-state index >= 15 is 0 Å².